The highest BCUT2D eigenvalue weighted by Gasteiger charge is 2.27. The van der Waals surface area contributed by atoms with Crippen LogP contribution in [0, 0.1) is 0 Å². The van der Waals surface area contributed by atoms with Crippen LogP contribution in [0.1, 0.15) is 11.1 Å². The van der Waals surface area contributed by atoms with Crippen molar-refractivity contribution in [2.24, 2.45) is 0 Å². The Labute approximate surface area is 192 Å². The third-order valence-corrected chi connectivity index (χ3v) is 7.03. The zero-order chi connectivity index (χ0) is 22.3. The molecule has 1 amide bonds. The summed E-state index contributed by atoms with van der Waals surface area (Å²) >= 11 is 12.2. The SMILES string of the molecule is O=C(CN(Cc1ccc(Cl)cc1Cl)S(=O)(=O)c1ccccc1)NCCc1ccccc1. The molecule has 0 fully saturated rings. The number of carbonyl (C=O) groups excluding carboxylic acids is 1. The predicted molar refractivity (Wildman–Crippen MR) is 124 cm³/mol. The molecule has 3 aromatic carbocycles. The summed E-state index contributed by atoms with van der Waals surface area (Å²) in [5, 5.41) is 3.58. The monoisotopic (exact) mass is 476 g/mol. The summed E-state index contributed by atoms with van der Waals surface area (Å²) in [6.07, 6.45) is 0.654. The van der Waals surface area contributed by atoms with Crippen LogP contribution in [-0.2, 0) is 27.8 Å². The highest BCUT2D eigenvalue weighted by molar-refractivity contribution is 7.89. The molecule has 0 saturated carbocycles. The van der Waals surface area contributed by atoms with E-state index in [1.807, 2.05) is 30.3 Å². The standard InChI is InChI=1S/C23H22Cl2N2O3S/c24-20-12-11-19(22(25)15-20)16-27(31(29,30)21-9-5-2-6-10-21)17-23(28)26-14-13-18-7-3-1-4-8-18/h1-12,15H,13-14,16-17H2,(H,26,28). The molecular formula is C23H22Cl2N2O3S. The van der Waals surface area contributed by atoms with E-state index >= 15 is 0 Å². The van der Waals surface area contributed by atoms with Gasteiger partial charge in [-0.1, -0.05) is 77.8 Å². The molecule has 5 nitrogen and oxygen atoms in total. The van der Waals surface area contributed by atoms with Crippen molar-refractivity contribution >= 4 is 39.1 Å². The Kier molecular flexibility index (Phi) is 8.09. The molecule has 0 aliphatic carbocycles. The summed E-state index contributed by atoms with van der Waals surface area (Å²) in [6.45, 7) is 0.0219. The second-order valence-electron chi connectivity index (χ2n) is 6.91. The molecule has 0 aliphatic rings. The van der Waals surface area contributed by atoms with E-state index in [-0.39, 0.29) is 23.9 Å². The van der Waals surface area contributed by atoms with Gasteiger partial charge in [0.15, 0.2) is 0 Å². The van der Waals surface area contributed by atoms with E-state index < -0.39 is 10.0 Å². The van der Waals surface area contributed by atoms with Crippen LogP contribution in [0.4, 0.5) is 0 Å². The number of benzene rings is 3. The summed E-state index contributed by atoms with van der Waals surface area (Å²) in [4.78, 5) is 12.7. The lowest BCUT2D eigenvalue weighted by Gasteiger charge is -2.22. The third-order valence-electron chi connectivity index (χ3n) is 4.64. The van der Waals surface area contributed by atoms with Crippen molar-refractivity contribution in [3.63, 3.8) is 0 Å². The van der Waals surface area contributed by atoms with Gasteiger partial charge in [0.1, 0.15) is 0 Å². The number of carbonyl (C=O) groups is 1. The van der Waals surface area contributed by atoms with Crippen molar-refractivity contribution in [3.8, 4) is 0 Å². The Bertz CT molecular complexity index is 1120. The number of nitrogens with zero attached hydrogens (tertiary/aromatic N) is 1. The molecule has 3 rings (SSSR count). The Morgan fingerprint density at radius 3 is 2.19 bits per heavy atom. The third kappa shape index (κ3) is 6.55. The van der Waals surface area contributed by atoms with Gasteiger partial charge in [-0.25, -0.2) is 8.42 Å². The van der Waals surface area contributed by atoms with Crippen LogP contribution in [0.25, 0.3) is 0 Å². The van der Waals surface area contributed by atoms with Gasteiger partial charge in [-0.3, -0.25) is 4.79 Å². The Morgan fingerprint density at radius 1 is 0.903 bits per heavy atom. The van der Waals surface area contributed by atoms with Crippen LogP contribution in [0.3, 0.4) is 0 Å². The molecule has 0 bridgehead atoms. The highest BCUT2D eigenvalue weighted by Crippen LogP contribution is 2.25. The molecule has 0 heterocycles. The fourth-order valence-corrected chi connectivity index (χ4v) is 4.88. The first-order chi connectivity index (χ1) is 14.9. The van der Waals surface area contributed by atoms with E-state index in [0.717, 1.165) is 9.87 Å². The number of hydrogen-bond acceptors (Lipinski definition) is 3. The summed E-state index contributed by atoms with van der Waals surface area (Å²) in [6, 6.07) is 22.6. The minimum atomic E-state index is -3.92. The quantitative estimate of drug-likeness (QED) is 0.492. The van der Waals surface area contributed by atoms with Crippen LogP contribution >= 0.6 is 23.2 Å². The molecule has 8 heteroatoms. The van der Waals surface area contributed by atoms with Gasteiger partial charge in [-0.15, -0.1) is 0 Å². The Hall–Kier alpha value is -2.38. The van der Waals surface area contributed by atoms with Crippen LogP contribution in [0.2, 0.25) is 10.0 Å². The average Bonchev–Trinajstić information content (AvgIpc) is 2.76. The normalized spacial score (nSPS) is 11.5. The number of rotatable bonds is 9. The van der Waals surface area contributed by atoms with Gasteiger partial charge in [0, 0.05) is 23.1 Å². The van der Waals surface area contributed by atoms with E-state index in [0.29, 0.717) is 28.6 Å². The van der Waals surface area contributed by atoms with Crippen molar-refractivity contribution in [1.82, 2.24) is 9.62 Å². The van der Waals surface area contributed by atoms with E-state index in [9.17, 15) is 13.2 Å². The van der Waals surface area contributed by atoms with Crippen molar-refractivity contribution in [2.45, 2.75) is 17.9 Å². The molecule has 31 heavy (non-hydrogen) atoms. The number of amides is 1. The summed E-state index contributed by atoms with van der Waals surface area (Å²) in [5.74, 6) is -0.388. The van der Waals surface area contributed by atoms with Gasteiger partial charge in [0.2, 0.25) is 15.9 Å². The maximum absolute atomic E-state index is 13.2. The van der Waals surface area contributed by atoms with E-state index in [4.69, 9.17) is 23.2 Å². The van der Waals surface area contributed by atoms with Gasteiger partial charge in [-0.05, 0) is 41.8 Å². The fraction of sp³-hybridized carbons (Fsp3) is 0.174. The highest BCUT2D eigenvalue weighted by atomic mass is 35.5. The molecule has 0 spiro atoms. The first kappa shape index (κ1) is 23.3. The number of hydrogen-bond donors (Lipinski definition) is 1. The smallest absolute Gasteiger partial charge is 0.243 e. The first-order valence-electron chi connectivity index (χ1n) is 9.66. The van der Waals surface area contributed by atoms with Crippen molar-refractivity contribution in [1.29, 1.82) is 0 Å². The topological polar surface area (TPSA) is 66.5 Å². The molecule has 0 atom stereocenters. The van der Waals surface area contributed by atoms with Gasteiger partial charge >= 0.3 is 0 Å². The van der Waals surface area contributed by atoms with E-state index in [2.05, 4.69) is 5.32 Å². The minimum Gasteiger partial charge on any atom is -0.355 e. The summed E-state index contributed by atoms with van der Waals surface area (Å²) < 4.78 is 27.6. The molecule has 0 saturated heterocycles. The van der Waals surface area contributed by atoms with Crippen LogP contribution < -0.4 is 5.32 Å². The maximum Gasteiger partial charge on any atom is 0.243 e. The molecular weight excluding hydrogens is 455 g/mol. The van der Waals surface area contributed by atoms with E-state index in [1.54, 1.807) is 36.4 Å². The number of sulfonamides is 1. The molecule has 0 unspecified atom stereocenters. The summed E-state index contributed by atoms with van der Waals surface area (Å²) in [5.41, 5.74) is 1.65. The van der Waals surface area contributed by atoms with Crippen molar-refractivity contribution in [3.05, 3.63) is 100 Å². The minimum absolute atomic E-state index is 0.0562. The van der Waals surface area contributed by atoms with Gasteiger partial charge in [0.25, 0.3) is 0 Å². The second kappa shape index (κ2) is 10.8. The summed E-state index contributed by atoms with van der Waals surface area (Å²) in [7, 11) is -3.92. The molecule has 0 aliphatic heterocycles. The number of halogens is 2. The van der Waals surface area contributed by atoms with Gasteiger partial charge < -0.3 is 5.32 Å². The lowest BCUT2D eigenvalue weighted by molar-refractivity contribution is -0.121. The Balaban J connectivity index is 1.75. The Morgan fingerprint density at radius 2 is 1.55 bits per heavy atom. The fourth-order valence-electron chi connectivity index (χ4n) is 3.01. The predicted octanol–water partition coefficient (Wildman–Crippen LogP) is 4.54. The average molecular weight is 477 g/mol. The largest absolute Gasteiger partial charge is 0.355 e. The first-order valence-corrected chi connectivity index (χ1v) is 11.9. The zero-order valence-electron chi connectivity index (χ0n) is 16.7. The van der Waals surface area contributed by atoms with Crippen molar-refractivity contribution in [2.75, 3.05) is 13.1 Å². The van der Waals surface area contributed by atoms with Crippen molar-refractivity contribution < 1.29 is 13.2 Å². The van der Waals surface area contributed by atoms with Crippen LogP contribution in [0.15, 0.2) is 83.8 Å². The molecule has 0 radical (unpaired) electrons. The molecule has 3 aromatic rings. The lowest BCUT2D eigenvalue weighted by Crippen LogP contribution is -2.40. The molecule has 162 valence electrons. The zero-order valence-corrected chi connectivity index (χ0v) is 19.0. The number of nitrogens with one attached hydrogen (secondary N) is 1. The van der Waals surface area contributed by atoms with Gasteiger partial charge in [0.05, 0.1) is 11.4 Å². The van der Waals surface area contributed by atoms with Crippen LogP contribution in [0.5, 0.6) is 0 Å². The van der Waals surface area contributed by atoms with E-state index in [1.165, 1.54) is 12.1 Å². The second-order valence-corrected chi connectivity index (χ2v) is 9.69. The van der Waals surface area contributed by atoms with Crippen LogP contribution in [-0.4, -0.2) is 31.7 Å². The molecule has 1 N–H and O–H groups in total. The molecule has 0 aromatic heterocycles. The van der Waals surface area contributed by atoms with Gasteiger partial charge in [-0.2, -0.15) is 4.31 Å². The maximum atomic E-state index is 13.2. The lowest BCUT2D eigenvalue weighted by atomic mass is 10.1.